The lowest BCUT2D eigenvalue weighted by molar-refractivity contribution is -0.138. The fraction of sp³-hybridized carbons (Fsp3) is 0.444. The van der Waals surface area contributed by atoms with Crippen LogP contribution in [0.1, 0.15) is 26.7 Å². The van der Waals surface area contributed by atoms with Crippen molar-refractivity contribution in [3.63, 3.8) is 0 Å². The highest BCUT2D eigenvalue weighted by Gasteiger charge is 2.30. The molecule has 0 aromatic heterocycles. The Kier molecular flexibility index (Phi) is 8.16. The summed E-state index contributed by atoms with van der Waals surface area (Å²) in [4.78, 5) is 13.9. The van der Waals surface area contributed by atoms with E-state index in [0.717, 1.165) is 9.79 Å². The molecule has 1 aliphatic heterocycles. The van der Waals surface area contributed by atoms with E-state index < -0.39 is 5.97 Å². The van der Waals surface area contributed by atoms with Crippen LogP contribution in [0.3, 0.4) is 0 Å². The Morgan fingerprint density at radius 3 is 2.15 bits per heavy atom. The number of nitrogens with zero attached hydrogens (tertiary/aromatic N) is 1. The van der Waals surface area contributed by atoms with Gasteiger partial charge in [0.25, 0.3) is 0 Å². The van der Waals surface area contributed by atoms with Crippen molar-refractivity contribution in [3.05, 3.63) is 21.9 Å². The molecular weight excluding hydrogens is 374 g/mol. The van der Waals surface area contributed by atoms with E-state index in [1.807, 2.05) is 32.0 Å². The van der Waals surface area contributed by atoms with Crippen LogP contribution in [-0.4, -0.2) is 37.5 Å². The van der Waals surface area contributed by atoms with E-state index in [-0.39, 0.29) is 18.8 Å². The predicted octanol–water partition coefficient (Wildman–Crippen LogP) is 3.73. The smallest absolute Gasteiger partial charge is 0.350 e. The number of aliphatic hydroxyl groups is 1. The minimum absolute atomic E-state index is 0.0231. The molecule has 1 heterocycles. The Morgan fingerprint density at radius 1 is 1.12 bits per heavy atom. The molecule has 0 spiro atoms. The van der Waals surface area contributed by atoms with E-state index in [4.69, 9.17) is 19.3 Å². The zero-order valence-corrected chi connectivity index (χ0v) is 16.4. The molecule has 1 aromatic rings. The molecule has 140 valence electrons. The maximum absolute atomic E-state index is 12.2. The summed E-state index contributed by atoms with van der Waals surface area (Å²) in [6, 6.07) is 5.63. The van der Waals surface area contributed by atoms with Crippen molar-refractivity contribution in [2.75, 3.05) is 26.4 Å². The van der Waals surface area contributed by atoms with Crippen molar-refractivity contribution in [1.82, 2.24) is 0 Å². The summed E-state index contributed by atoms with van der Waals surface area (Å²) in [5, 5.41) is 18.2. The van der Waals surface area contributed by atoms with Gasteiger partial charge < -0.3 is 19.3 Å². The molecule has 0 unspecified atom stereocenters. The molecule has 0 aliphatic carbocycles. The number of thioether (sulfide) groups is 2. The first-order valence-corrected chi connectivity index (χ1v) is 10.00. The molecule has 0 saturated carbocycles. The van der Waals surface area contributed by atoms with E-state index in [9.17, 15) is 10.1 Å². The lowest BCUT2D eigenvalue weighted by Gasteiger charge is -2.11. The summed E-state index contributed by atoms with van der Waals surface area (Å²) in [6.45, 7) is 5.05. The van der Waals surface area contributed by atoms with Crippen LogP contribution in [0.15, 0.2) is 31.7 Å². The summed E-state index contributed by atoms with van der Waals surface area (Å²) < 4.78 is 17.0. The first-order chi connectivity index (χ1) is 12.7. The second-order valence-electron chi connectivity index (χ2n) is 5.13. The number of ether oxygens (including phenoxy) is 3. The molecule has 0 atom stereocenters. The lowest BCUT2D eigenvalue weighted by atomic mass is 10.3. The van der Waals surface area contributed by atoms with Crippen molar-refractivity contribution < 1.29 is 24.1 Å². The number of carbonyl (C=O) groups excluding carboxylic acids is 1. The van der Waals surface area contributed by atoms with Crippen LogP contribution in [0.5, 0.6) is 11.5 Å². The van der Waals surface area contributed by atoms with Gasteiger partial charge in [0.05, 0.1) is 33.8 Å². The second-order valence-corrected chi connectivity index (χ2v) is 7.43. The minimum atomic E-state index is -0.649. The van der Waals surface area contributed by atoms with E-state index in [1.54, 1.807) is 0 Å². The van der Waals surface area contributed by atoms with E-state index >= 15 is 0 Å². The zero-order valence-electron chi connectivity index (χ0n) is 14.7. The Morgan fingerprint density at radius 2 is 1.69 bits per heavy atom. The van der Waals surface area contributed by atoms with Gasteiger partial charge >= 0.3 is 5.97 Å². The predicted molar refractivity (Wildman–Crippen MR) is 100 cm³/mol. The molecule has 6 nitrogen and oxygen atoms in total. The van der Waals surface area contributed by atoms with Gasteiger partial charge in [0.15, 0.2) is 5.57 Å². The Bertz CT molecular complexity index is 690. The third-order valence-electron chi connectivity index (χ3n) is 3.33. The van der Waals surface area contributed by atoms with Gasteiger partial charge in [-0.15, -0.1) is 0 Å². The second kappa shape index (κ2) is 10.4. The number of nitriles is 1. The molecular formula is C18H21NO5S2. The molecule has 1 aromatic carbocycles. The monoisotopic (exact) mass is 395 g/mol. The summed E-state index contributed by atoms with van der Waals surface area (Å²) in [6.07, 6.45) is 1.11. The number of hydrogen-bond donors (Lipinski definition) is 1. The minimum Gasteiger partial charge on any atom is -0.493 e. The molecule has 0 radical (unpaired) electrons. The average molecular weight is 396 g/mol. The van der Waals surface area contributed by atoms with Gasteiger partial charge in [0, 0.05) is 6.61 Å². The molecule has 0 fully saturated rings. The van der Waals surface area contributed by atoms with E-state index in [1.165, 1.54) is 23.5 Å². The van der Waals surface area contributed by atoms with Gasteiger partial charge in [-0.25, -0.2) is 4.79 Å². The van der Waals surface area contributed by atoms with Gasteiger partial charge in [-0.3, -0.25) is 0 Å². The van der Waals surface area contributed by atoms with Crippen LogP contribution < -0.4 is 9.47 Å². The fourth-order valence-electron chi connectivity index (χ4n) is 2.19. The van der Waals surface area contributed by atoms with Crippen molar-refractivity contribution in [2.45, 2.75) is 36.5 Å². The summed E-state index contributed by atoms with van der Waals surface area (Å²) in [5.41, 5.74) is -0.0231. The first-order valence-electron chi connectivity index (χ1n) is 8.36. The van der Waals surface area contributed by atoms with Crippen molar-refractivity contribution in [3.8, 4) is 17.6 Å². The molecule has 0 saturated heterocycles. The number of carbonyl (C=O) groups is 1. The maximum Gasteiger partial charge on any atom is 0.350 e. The highest BCUT2D eigenvalue weighted by Crippen LogP contribution is 2.58. The molecule has 1 N–H and O–H groups in total. The number of hydrogen-bond acceptors (Lipinski definition) is 8. The standard InChI is InChI=1S/C18H21NO5S2/c1-3-22-13-7-8-14(23-4-2)16-15(13)25-18(26-16)12(11-19)17(21)24-10-6-5-9-20/h7-8,20H,3-6,9-10H2,1-2H3. The average Bonchev–Trinajstić information content (AvgIpc) is 3.07. The van der Waals surface area contributed by atoms with Crippen LogP contribution in [0.2, 0.25) is 0 Å². The van der Waals surface area contributed by atoms with Gasteiger partial charge in [-0.2, -0.15) is 5.26 Å². The summed E-state index contributed by atoms with van der Waals surface area (Å²) in [5.74, 6) is 0.753. The largest absolute Gasteiger partial charge is 0.493 e. The first kappa shape index (κ1) is 20.5. The van der Waals surface area contributed by atoms with Crippen molar-refractivity contribution in [1.29, 1.82) is 5.26 Å². The lowest BCUT2D eigenvalue weighted by Crippen LogP contribution is -2.09. The number of rotatable bonds is 9. The SMILES string of the molecule is CCOc1ccc(OCC)c2c1SC(=C(C#N)C(=O)OCCCCO)S2. The normalized spacial score (nSPS) is 12.3. The highest BCUT2D eigenvalue weighted by atomic mass is 32.2. The number of benzene rings is 1. The highest BCUT2D eigenvalue weighted by molar-refractivity contribution is 8.24. The topological polar surface area (TPSA) is 88.8 Å². The molecule has 8 heteroatoms. The number of esters is 1. The molecule has 26 heavy (non-hydrogen) atoms. The van der Waals surface area contributed by atoms with Gasteiger partial charge in [0.1, 0.15) is 17.6 Å². The van der Waals surface area contributed by atoms with Crippen molar-refractivity contribution >= 4 is 29.5 Å². The van der Waals surface area contributed by atoms with Gasteiger partial charge in [-0.05, 0) is 38.8 Å². The summed E-state index contributed by atoms with van der Waals surface area (Å²) in [7, 11) is 0. The van der Waals surface area contributed by atoms with Crippen molar-refractivity contribution in [2.24, 2.45) is 0 Å². The zero-order chi connectivity index (χ0) is 18.9. The fourth-order valence-corrected chi connectivity index (χ4v) is 4.78. The molecule has 2 rings (SSSR count). The van der Waals surface area contributed by atoms with Crippen LogP contribution in [0.4, 0.5) is 0 Å². The third-order valence-corrected chi connectivity index (χ3v) is 5.96. The number of aliphatic hydroxyl groups excluding tert-OH is 1. The third kappa shape index (κ3) is 4.87. The van der Waals surface area contributed by atoms with Crippen LogP contribution in [-0.2, 0) is 9.53 Å². The molecule has 1 aliphatic rings. The Labute approximate surface area is 161 Å². The Balaban J connectivity index is 2.26. The van der Waals surface area contributed by atoms with Crippen LogP contribution in [0.25, 0.3) is 0 Å². The van der Waals surface area contributed by atoms with Gasteiger partial charge in [-0.1, -0.05) is 23.5 Å². The van der Waals surface area contributed by atoms with Gasteiger partial charge in [0.2, 0.25) is 0 Å². The summed E-state index contributed by atoms with van der Waals surface area (Å²) >= 11 is 2.64. The number of unbranched alkanes of at least 4 members (excludes halogenated alkanes) is 1. The van der Waals surface area contributed by atoms with Crippen LogP contribution >= 0.6 is 23.5 Å². The van der Waals surface area contributed by atoms with Crippen LogP contribution in [0, 0.1) is 11.3 Å². The number of fused-ring (bicyclic) bond motifs is 1. The van der Waals surface area contributed by atoms with E-state index in [2.05, 4.69) is 0 Å². The molecule has 0 bridgehead atoms. The maximum atomic E-state index is 12.2. The molecule has 0 amide bonds. The van der Waals surface area contributed by atoms with E-state index in [0.29, 0.717) is 41.8 Å². The quantitative estimate of drug-likeness (QED) is 0.293. The Hall–Kier alpha value is -1.82.